The minimum absolute atomic E-state index is 0.123. The van der Waals surface area contributed by atoms with Gasteiger partial charge in [0.1, 0.15) is 0 Å². The molecule has 0 radical (unpaired) electrons. The third-order valence-corrected chi connectivity index (χ3v) is 4.86. The molecule has 2 aromatic carbocycles. The van der Waals surface area contributed by atoms with Gasteiger partial charge in [-0.05, 0) is 68.3 Å². The van der Waals surface area contributed by atoms with Gasteiger partial charge in [-0.3, -0.25) is 14.3 Å². The van der Waals surface area contributed by atoms with Gasteiger partial charge in [0, 0.05) is 34.7 Å². The standard InChI is InChI=1S/C23H26N4O2/c1-4-23(2,3)26-22(29)19-10-12-20(13-11-19)25-21(28)18-8-6-17(7-9-18)16-27-15-5-14-24-27/h5-15H,4,16H2,1-3H3,(H,25,28)(H,26,29). The van der Waals surface area contributed by atoms with Gasteiger partial charge in [-0.25, -0.2) is 0 Å². The van der Waals surface area contributed by atoms with Crippen molar-refractivity contribution in [2.24, 2.45) is 0 Å². The number of hydrogen-bond acceptors (Lipinski definition) is 3. The topological polar surface area (TPSA) is 76.0 Å². The van der Waals surface area contributed by atoms with Crippen molar-refractivity contribution in [2.75, 3.05) is 5.32 Å². The number of carbonyl (C=O) groups is 2. The van der Waals surface area contributed by atoms with Crippen LogP contribution in [0.4, 0.5) is 5.69 Å². The second kappa shape index (κ2) is 8.73. The minimum Gasteiger partial charge on any atom is -0.347 e. The third kappa shape index (κ3) is 5.54. The molecule has 0 spiro atoms. The first-order valence-corrected chi connectivity index (χ1v) is 9.66. The lowest BCUT2D eigenvalue weighted by molar-refractivity contribution is 0.0911. The number of rotatable bonds is 7. The Balaban J connectivity index is 1.59. The molecule has 0 aliphatic rings. The van der Waals surface area contributed by atoms with Crippen molar-refractivity contribution >= 4 is 17.5 Å². The third-order valence-electron chi connectivity index (χ3n) is 4.86. The summed E-state index contributed by atoms with van der Waals surface area (Å²) < 4.78 is 1.83. The fourth-order valence-corrected chi connectivity index (χ4v) is 2.72. The molecule has 1 heterocycles. The van der Waals surface area contributed by atoms with E-state index in [1.165, 1.54) is 0 Å². The predicted molar refractivity (Wildman–Crippen MR) is 114 cm³/mol. The highest BCUT2D eigenvalue weighted by molar-refractivity contribution is 6.04. The lowest BCUT2D eigenvalue weighted by Gasteiger charge is -2.24. The van der Waals surface area contributed by atoms with Crippen LogP contribution in [-0.2, 0) is 6.54 Å². The number of carbonyl (C=O) groups excluding carboxylic acids is 2. The van der Waals surface area contributed by atoms with Crippen LogP contribution >= 0.6 is 0 Å². The van der Waals surface area contributed by atoms with E-state index in [9.17, 15) is 9.59 Å². The number of amides is 2. The van der Waals surface area contributed by atoms with Crippen LogP contribution in [0.2, 0.25) is 0 Å². The molecule has 2 amide bonds. The summed E-state index contributed by atoms with van der Waals surface area (Å²) in [6, 6.07) is 16.2. The number of nitrogens with zero attached hydrogens (tertiary/aromatic N) is 2. The zero-order chi connectivity index (χ0) is 20.9. The van der Waals surface area contributed by atoms with Crippen LogP contribution in [0.1, 0.15) is 53.5 Å². The van der Waals surface area contributed by atoms with Gasteiger partial charge in [0.15, 0.2) is 0 Å². The normalized spacial score (nSPS) is 11.1. The van der Waals surface area contributed by atoms with E-state index >= 15 is 0 Å². The zero-order valence-corrected chi connectivity index (χ0v) is 17.0. The van der Waals surface area contributed by atoms with Crippen molar-refractivity contribution < 1.29 is 9.59 Å². The Labute approximate surface area is 170 Å². The number of benzene rings is 2. The summed E-state index contributed by atoms with van der Waals surface area (Å²) in [5.74, 6) is -0.317. The molecule has 1 aromatic heterocycles. The van der Waals surface area contributed by atoms with Crippen molar-refractivity contribution in [2.45, 2.75) is 39.3 Å². The summed E-state index contributed by atoms with van der Waals surface area (Å²) >= 11 is 0. The maximum absolute atomic E-state index is 12.5. The second-order valence-electron chi connectivity index (χ2n) is 7.62. The molecule has 6 heteroatoms. The van der Waals surface area contributed by atoms with Gasteiger partial charge in [0.05, 0.1) is 6.54 Å². The van der Waals surface area contributed by atoms with Crippen LogP contribution in [0, 0.1) is 0 Å². The highest BCUT2D eigenvalue weighted by Crippen LogP contribution is 2.14. The molecule has 6 nitrogen and oxygen atoms in total. The Morgan fingerprint density at radius 2 is 1.59 bits per heavy atom. The highest BCUT2D eigenvalue weighted by atomic mass is 16.2. The Hall–Kier alpha value is -3.41. The van der Waals surface area contributed by atoms with Crippen LogP contribution in [0.25, 0.3) is 0 Å². The first kappa shape index (κ1) is 20.3. The quantitative estimate of drug-likeness (QED) is 0.638. The zero-order valence-electron chi connectivity index (χ0n) is 17.0. The molecule has 0 bridgehead atoms. The Morgan fingerprint density at radius 3 is 2.17 bits per heavy atom. The van der Waals surface area contributed by atoms with E-state index in [1.807, 2.05) is 49.8 Å². The fourth-order valence-electron chi connectivity index (χ4n) is 2.72. The van der Waals surface area contributed by atoms with Gasteiger partial charge in [0.25, 0.3) is 11.8 Å². The molecule has 2 N–H and O–H groups in total. The first-order valence-electron chi connectivity index (χ1n) is 9.66. The van der Waals surface area contributed by atoms with Crippen LogP contribution in [-0.4, -0.2) is 27.1 Å². The average molecular weight is 390 g/mol. The summed E-state index contributed by atoms with van der Waals surface area (Å²) in [6.45, 7) is 6.66. The molecule has 0 fully saturated rings. The van der Waals surface area contributed by atoms with E-state index in [2.05, 4.69) is 15.7 Å². The summed E-state index contributed by atoms with van der Waals surface area (Å²) in [6.07, 6.45) is 4.47. The van der Waals surface area contributed by atoms with E-state index < -0.39 is 0 Å². The van der Waals surface area contributed by atoms with Crippen LogP contribution in [0.15, 0.2) is 67.0 Å². The maximum Gasteiger partial charge on any atom is 0.255 e. The summed E-state index contributed by atoms with van der Waals surface area (Å²) in [5, 5.41) is 10.0. The molecule has 3 rings (SSSR count). The molecule has 0 aliphatic heterocycles. The van der Waals surface area contributed by atoms with Gasteiger partial charge < -0.3 is 10.6 Å². The summed E-state index contributed by atoms with van der Waals surface area (Å²) in [7, 11) is 0. The van der Waals surface area contributed by atoms with E-state index in [0.29, 0.717) is 23.4 Å². The van der Waals surface area contributed by atoms with E-state index in [4.69, 9.17) is 0 Å². The predicted octanol–water partition coefficient (Wildman–Crippen LogP) is 4.10. The van der Waals surface area contributed by atoms with Crippen molar-refractivity contribution in [3.8, 4) is 0 Å². The number of aromatic nitrogens is 2. The van der Waals surface area contributed by atoms with E-state index in [1.54, 1.807) is 42.6 Å². The van der Waals surface area contributed by atoms with Crippen LogP contribution in [0.5, 0.6) is 0 Å². The van der Waals surface area contributed by atoms with Crippen molar-refractivity contribution in [1.82, 2.24) is 15.1 Å². The molecular weight excluding hydrogens is 364 g/mol. The van der Waals surface area contributed by atoms with Gasteiger partial charge in [-0.2, -0.15) is 5.10 Å². The Bertz CT molecular complexity index is 959. The lowest BCUT2D eigenvalue weighted by atomic mass is 10.0. The minimum atomic E-state index is -0.256. The molecule has 0 unspecified atom stereocenters. The number of nitrogens with one attached hydrogen (secondary N) is 2. The molecule has 29 heavy (non-hydrogen) atoms. The van der Waals surface area contributed by atoms with Crippen molar-refractivity contribution in [3.63, 3.8) is 0 Å². The fraction of sp³-hybridized carbons (Fsp3) is 0.261. The van der Waals surface area contributed by atoms with Crippen LogP contribution < -0.4 is 10.6 Å². The largest absolute Gasteiger partial charge is 0.347 e. The maximum atomic E-state index is 12.5. The molecule has 0 saturated heterocycles. The number of hydrogen-bond donors (Lipinski definition) is 2. The van der Waals surface area contributed by atoms with E-state index in [0.717, 1.165) is 12.0 Å². The van der Waals surface area contributed by atoms with E-state index in [-0.39, 0.29) is 17.4 Å². The molecule has 150 valence electrons. The van der Waals surface area contributed by atoms with Gasteiger partial charge >= 0.3 is 0 Å². The summed E-state index contributed by atoms with van der Waals surface area (Å²) in [5.41, 5.74) is 2.58. The molecule has 0 aliphatic carbocycles. The number of anilines is 1. The van der Waals surface area contributed by atoms with Gasteiger partial charge in [-0.15, -0.1) is 0 Å². The average Bonchev–Trinajstić information content (AvgIpc) is 3.22. The molecule has 0 atom stereocenters. The molecule has 3 aromatic rings. The van der Waals surface area contributed by atoms with Crippen LogP contribution in [0.3, 0.4) is 0 Å². The van der Waals surface area contributed by atoms with Gasteiger partial charge in [0.2, 0.25) is 0 Å². The molecule has 0 saturated carbocycles. The Morgan fingerprint density at radius 1 is 0.966 bits per heavy atom. The summed E-state index contributed by atoms with van der Waals surface area (Å²) in [4.78, 5) is 24.8. The van der Waals surface area contributed by atoms with Crippen molar-refractivity contribution in [1.29, 1.82) is 0 Å². The Kier molecular flexibility index (Phi) is 6.12. The lowest BCUT2D eigenvalue weighted by Crippen LogP contribution is -2.42. The second-order valence-corrected chi connectivity index (χ2v) is 7.62. The smallest absolute Gasteiger partial charge is 0.255 e. The van der Waals surface area contributed by atoms with Crippen molar-refractivity contribution in [3.05, 3.63) is 83.7 Å². The SMILES string of the molecule is CCC(C)(C)NC(=O)c1ccc(NC(=O)c2ccc(Cn3cccn3)cc2)cc1. The van der Waals surface area contributed by atoms with Gasteiger partial charge in [-0.1, -0.05) is 19.1 Å². The molecular formula is C23H26N4O2. The highest BCUT2D eigenvalue weighted by Gasteiger charge is 2.18. The first-order chi connectivity index (χ1) is 13.9. The monoisotopic (exact) mass is 390 g/mol.